The van der Waals surface area contributed by atoms with Crippen molar-refractivity contribution < 1.29 is 9.47 Å². The van der Waals surface area contributed by atoms with Crippen LogP contribution < -0.4 is 5.32 Å². The summed E-state index contributed by atoms with van der Waals surface area (Å²) in [5.74, 6) is 0. The first kappa shape index (κ1) is 14.3. The fraction of sp³-hybridized carbons (Fsp3) is 1.00. The molecule has 2 rings (SSSR count). The Labute approximate surface area is 112 Å². The second-order valence-corrected chi connectivity index (χ2v) is 6.02. The van der Waals surface area contributed by atoms with Gasteiger partial charge in [-0.2, -0.15) is 0 Å². The fourth-order valence-corrected chi connectivity index (χ4v) is 3.84. The third kappa shape index (κ3) is 2.73. The molecule has 2 saturated carbocycles. The predicted molar refractivity (Wildman–Crippen MR) is 73.8 cm³/mol. The zero-order chi connectivity index (χ0) is 13.0. The Morgan fingerprint density at radius 2 is 2.06 bits per heavy atom. The summed E-state index contributed by atoms with van der Waals surface area (Å²) < 4.78 is 11.1. The lowest BCUT2D eigenvalue weighted by Crippen LogP contribution is -2.64. The molecule has 3 heteroatoms. The number of rotatable bonds is 7. The maximum Gasteiger partial charge on any atom is 0.0661 e. The molecule has 2 fully saturated rings. The van der Waals surface area contributed by atoms with Crippen LogP contribution in [0.4, 0.5) is 0 Å². The van der Waals surface area contributed by atoms with Crippen molar-refractivity contribution in [2.75, 3.05) is 20.3 Å². The maximum absolute atomic E-state index is 5.94. The second-order valence-electron chi connectivity index (χ2n) is 6.02. The van der Waals surface area contributed by atoms with Gasteiger partial charge in [0.1, 0.15) is 0 Å². The van der Waals surface area contributed by atoms with Crippen molar-refractivity contribution in [2.45, 2.75) is 70.6 Å². The van der Waals surface area contributed by atoms with E-state index in [1.807, 2.05) is 0 Å². The lowest BCUT2D eigenvalue weighted by Gasteiger charge is -2.55. The van der Waals surface area contributed by atoms with Crippen molar-refractivity contribution in [3.05, 3.63) is 0 Å². The van der Waals surface area contributed by atoms with Gasteiger partial charge < -0.3 is 14.8 Å². The van der Waals surface area contributed by atoms with Crippen molar-refractivity contribution in [1.82, 2.24) is 5.32 Å². The van der Waals surface area contributed by atoms with Crippen LogP contribution in [0.1, 0.15) is 52.4 Å². The SMILES string of the molecule is CCOC1CC(NC(C)CCOC)C12CCCC2. The summed E-state index contributed by atoms with van der Waals surface area (Å²) in [6, 6.07) is 1.22. The van der Waals surface area contributed by atoms with E-state index < -0.39 is 0 Å². The molecular formula is C15H29NO2. The van der Waals surface area contributed by atoms with E-state index >= 15 is 0 Å². The average Bonchev–Trinajstić information content (AvgIpc) is 2.87. The highest BCUT2D eigenvalue weighted by molar-refractivity contribution is 5.10. The van der Waals surface area contributed by atoms with Crippen LogP contribution >= 0.6 is 0 Å². The van der Waals surface area contributed by atoms with Crippen LogP contribution in [0.25, 0.3) is 0 Å². The maximum atomic E-state index is 5.94. The van der Waals surface area contributed by atoms with E-state index in [1.54, 1.807) is 7.11 Å². The predicted octanol–water partition coefficient (Wildman–Crippen LogP) is 2.74. The highest BCUT2D eigenvalue weighted by Crippen LogP contribution is 2.54. The molecule has 2 aliphatic carbocycles. The van der Waals surface area contributed by atoms with Crippen molar-refractivity contribution >= 4 is 0 Å². The molecule has 0 bridgehead atoms. The molecule has 0 aromatic rings. The van der Waals surface area contributed by atoms with Crippen LogP contribution in [0, 0.1) is 5.41 Å². The van der Waals surface area contributed by atoms with Gasteiger partial charge in [0, 0.05) is 37.8 Å². The molecule has 0 aliphatic heterocycles. The van der Waals surface area contributed by atoms with E-state index in [1.165, 1.54) is 32.1 Å². The Morgan fingerprint density at radius 3 is 2.67 bits per heavy atom. The Kier molecular flexibility index (Phi) is 5.05. The van der Waals surface area contributed by atoms with Gasteiger partial charge in [-0.25, -0.2) is 0 Å². The highest BCUT2D eigenvalue weighted by Gasteiger charge is 2.56. The van der Waals surface area contributed by atoms with Crippen LogP contribution in [-0.4, -0.2) is 38.5 Å². The largest absolute Gasteiger partial charge is 0.385 e. The third-order valence-electron chi connectivity index (χ3n) is 4.93. The van der Waals surface area contributed by atoms with Crippen LogP contribution in [0.5, 0.6) is 0 Å². The number of hydrogen-bond donors (Lipinski definition) is 1. The van der Waals surface area contributed by atoms with Gasteiger partial charge in [-0.3, -0.25) is 0 Å². The van der Waals surface area contributed by atoms with E-state index in [0.717, 1.165) is 19.6 Å². The molecular weight excluding hydrogens is 226 g/mol. The molecule has 2 aliphatic rings. The van der Waals surface area contributed by atoms with Crippen molar-refractivity contribution in [1.29, 1.82) is 0 Å². The summed E-state index contributed by atoms with van der Waals surface area (Å²) in [6.45, 7) is 6.10. The molecule has 0 saturated heterocycles. The molecule has 0 aromatic heterocycles. The van der Waals surface area contributed by atoms with Crippen LogP contribution in [-0.2, 0) is 9.47 Å². The van der Waals surface area contributed by atoms with Crippen molar-refractivity contribution in [3.63, 3.8) is 0 Å². The summed E-state index contributed by atoms with van der Waals surface area (Å²) in [5, 5.41) is 3.81. The summed E-state index contributed by atoms with van der Waals surface area (Å²) in [5.41, 5.74) is 0.456. The molecule has 1 N–H and O–H groups in total. The first-order valence-electron chi connectivity index (χ1n) is 7.59. The van der Waals surface area contributed by atoms with Gasteiger partial charge >= 0.3 is 0 Å². The van der Waals surface area contributed by atoms with E-state index in [4.69, 9.17) is 9.47 Å². The lowest BCUT2D eigenvalue weighted by molar-refractivity contribution is -0.132. The van der Waals surface area contributed by atoms with E-state index in [-0.39, 0.29) is 0 Å². The molecule has 0 radical (unpaired) electrons. The Bertz CT molecular complexity index is 251. The number of methoxy groups -OCH3 is 1. The Morgan fingerprint density at radius 1 is 1.33 bits per heavy atom. The minimum atomic E-state index is 0.456. The van der Waals surface area contributed by atoms with E-state index in [2.05, 4.69) is 19.2 Å². The zero-order valence-corrected chi connectivity index (χ0v) is 12.2. The average molecular weight is 255 g/mol. The van der Waals surface area contributed by atoms with Gasteiger partial charge in [-0.05, 0) is 39.5 Å². The first-order chi connectivity index (χ1) is 8.73. The molecule has 0 amide bonds. The van der Waals surface area contributed by atoms with Gasteiger partial charge in [-0.15, -0.1) is 0 Å². The molecule has 0 aromatic carbocycles. The first-order valence-corrected chi connectivity index (χ1v) is 7.59. The smallest absolute Gasteiger partial charge is 0.0661 e. The monoisotopic (exact) mass is 255 g/mol. The van der Waals surface area contributed by atoms with Gasteiger partial charge in [-0.1, -0.05) is 12.8 Å². The summed E-state index contributed by atoms with van der Waals surface area (Å²) in [4.78, 5) is 0. The van der Waals surface area contributed by atoms with Crippen molar-refractivity contribution in [2.24, 2.45) is 5.41 Å². The van der Waals surface area contributed by atoms with Gasteiger partial charge in [0.05, 0.1) is 6.10 Å². The van der Waals surface area contributed by atoms with Gasteiger partial charge in [0.15, 0.2) is 0 Å². The van der Waals surface area contributed by atoms with Crippen molar-refractivity contribution in [3.8, 4) is 0 Å². The highest BCUT2D eigenvalue weighted by atomic mass is 16.5. The third-order valence-corrected chi connectivity index (χ3v) is 4.93. The number of hydrogen-bond acceptors (Lipinski definition) is 3. The van der Waals surface area contributed by atoms with Crippen LogP contribution in [0.2, 0.25) is 0 Å². The van der Waals surface area contributed by atoms with E-state index in [0.29, 0.717) is 23.6 Å². The molecule has 0 heterocycles. The summed E-state index contributed by atoms with van der Waals surface area (Å²) in [6.07, 6.45) is 8.28. The summed E-state index contributed by atoms with van der Waals surface area (Å²) in [7, 11) is 1.78. The topological polar surface area (TPSA) is 30.5 Å². The standard InChI is InChI=1S/C15H29NO2/c1-4-18-14-11-13(15(14)8-5-6-9-15)16-12(2)7-10-17-3/h12-14,16H,4-11H2,1-3H3. The molecule has 3 nitrogen and oxygen atoms in total. The molecule has 1 spiro atoms. The van der Waals surface area contributed by atoms with Gasteiger partial charge in [0.2, 0.25) is 0 Å². The van der Waals surface area contributed by atoms with Crippen LogP contribution in [0.15, 0.2) is 0 Å². The number of nitrogens with one attached hydrogen (secondary N) is 1. The molecule has 3 unspecified atom stereocenters. The van der Waals surface area contributed by atoms with Crippen LogP contribution in [0.3, 0.4) is 0 Å². The lowest BCUT2D eigenvalue weighted by atomic mass is 9.60. The molecule has 106 valence electrons. The zero-order valence-electron chi connectivity index (χ0n) is 12.2. The molecule has 18 heavy (non-hydrogen) atoms. The fourth-order valence-electron chi connectivity index (χ4n) is 3.84. The Balaban J connectivity index is 1.85. The summed E-state index contributed by atoms with van der Waals surface area (Å²) >= 11 is 0. The van der Waals surface area contributed by atoms with Gasteiger partial charge in [0.25, 0.3) is 0 Å². The quantitative estimate of drug-likeness (QED) is 0.759. The number of ether oxygens (including phenoxy) is 2. The minimum Gasteiger partial charge on any atom is -0.385 e. The Hall–Kier alpha value is -0.120. The molecule has 3 atom stereocenters. The normalized spacial score (nSPS) is 31.5. The second kappa shape index (κ2) is 6.36. The van der Waals surface area contributed by atoms with E-state index in [9.17, 15) is 0 Å². The minimum absolute atomic E-state index is 0.456.